The van der Waals surface area contributed by atoms with Crippen LogP contribution in [0.2, 0.25) is 0 Å². The predicted molar refractivity (Wildman–Crippen MR) is 67.8 cm³/mol. The van der Waals surface area contributed by atoms with Crippen molar-refractivity contribution in [3.8, 4) is 0 Å². The fourth-order valence-electron chi connectivity index (χ4n) is 1.54. The van der Waals surface area contributed by atoms with Gasteiger partial charge in [-0.2, -0.15) is 0 Å². The van der Waals surface area contributed by atoms with Crippen molar-refractivity contribution in [1.82, 2.24) is 4.98 Å². The first-order valence-corrected chi connectivity index (χ1v) is 6.92. The molecule has 1 aliphatic rings. The van der Waals surface area contributed by atoms with Crippen molar-refractivity contribution in [3.63, 3.8) is 0 Å². The van der Waals surface area contributed by atoms with Crippen molar-refractivity contribution in [2.75, 3.05) is 18.1 Å². The molecule has 17 heavy (non-hydrogen) atoms. The predicted octanol–water partition coefficient (Wildman–Crippen LogP) is 1.82. The van der Waals surface area contributed by atoms with E-state index in [1.54, 1.807) is 11.8 Å². The normalized spacial score (nSPS) is 19.8. The first kappa shape index (κ1) is 12.5. The molecule has 5 nitrogen and oxygen atoms in total. The smallest absolute Gasteiger partial charge is 0.350 e. The number of nitrogens with zero attached hydrogens (tertiary/aromatic N) is 2. The Kier molecular flexibility index (Phi) is 3.78. The number of anilines is 1. The van der Waals surface area contributed by atoms with Gasteiger partial charge in [0.25, 0.3) is 0 Å². The molecular formula is C10H11BrN2O3S. The number of hydrogen-bond acceptors (Lipinski definition) is 5. The van der Waals surface area contributed by atoms with Gasteiger partial charge in [0.15, 0.2) is 5.13 Å². The Hall–Kier alpha value is -0.950. The Bertz CT molecular complexity index is 449. The summed E-state index contributed by atoms with van der Waals surface area (Å²) >= 11 is 4.58. The largest absolute Gasteiger partial charge is 0.462 e. The molecule has 2 rings (SSSR count). The van der Waals surface area contributed by atoms with Crippen molar-refractivity contribution >= 4 is 44.3 Å². The summed E-state index contributed by atoms with van der Waals surface area (Å²) in [7, 11) is 0. The molecule has 0 radical (unpaired) electrons. The maximum absolute atomic E-state index is 11.6. The average Bonchev–Trinajstić information content (AvgIpc) is 2.85. The Labute approximate surface area is 111 Å². The first-order chi connectivity index (χ1) is 8.11. The number of carbonyl (C=O) groups excluding carboxylic acids is 2. The summed E-state index contributed by atoms with van der Waals surface area (Å²) in [6.07, 6.45) is 1.92. The SMILES string of the molecule is CCOC(=O)c1cnc(N2CC(Br)CC2=O)s1. The molecular weight excluding hydrogens is 308 g/mol. The molecule has 1 fully saturated rings. The van der Waals surface area contributed by atoms with Gasteiger partial charge in [0.2, 0.25) is 5.91 Å². The number of rotatable bonds is 3. The molecule has 0 saturated carbocycles. The van der Waals surface area contributed by atoms with Crippen LogP contribution in [0.3, 0.4) is 0 Å². The molecule has 1 unspecified atom stereocenters. The lowest BCUT2D eigenvalue weighted by Crippen LogP contribution is -2.24. The highest BCUT2D eigenvalue weighted by molar-refractivity contribution is 9.09. The maximum atomic E-state index is 11.6. The Balaban J connectivity index is 2.13. The second-order valence-corrected chi connectivity index (χ2v) is 5.84. The summed E-state index contributed by atoms with van der Waals surface area (Å²) in [5.41, 5.74) is 0. The standard InChI is InChI=1S/C10H11BrN2O3S/c1-2-16-9(15)7-4-12-10(17-7)13-5-6(11)3-8(13)14/h4,6H,2-3,5H2,1H3. The molecule has 0 spiro atoms. The van der Waals surface area contributed by atoms with Gasteiger partial charge in [-0.25, -0.2) is 9.78 Å². The van der Waals surface area contributed by atoms with Crippen LogP contribution in [-0.4, -0.2) is 34.8 Å². The van der Waals surface area contributed by atoms with E-state index in [9.17, 15) is 9.59 Å². The zero-order valence-electron chi connectivity index (χ0n) is 9.18. The molecule has 2 heterocycles. The van der Waals surface area contributed by atoms with Gasteiger partial charge >= 0.3 is 5.97 Å². The zero-order chi connectivity index (χ0) is 12.4. The number of carbonyl (C=O) groups is 2. The van der Waals surface area contributed by atoms with Gasteiger partial charge in [0.1, 0.15) is 4.88 Å². The number of ether oxygens (including phenoxy) is 1. The summed E-state index contributed by atoms with van der Waals surface area (Å²) in [6.45, 7) is 2.67. The van der Waals surface area contributed by atoms with E-state index in [1.165, 1.54) is 17.5 Å². The zero-order valence-corrected chi connectivity index (χ0v) is 11.6. The van der Waals surface area contributed by atoms with Crippen molar-refractivity contribution in [2.24, 2.45) is 0 Å². The van der Waals surface area contributed by atoms with Crippen LogP contribution in [0.25, 0.3) is 0 Å². The molecule has 92 valence electrons. The van der Waals surface area contributed by atoms with Crippen molar-refractivity contribution in [3.05, 3.63) is 11.1 Å². The van der Waals surface area contributed by atoms with Crippen LogP contribution >= 0.6 is 27.3 Å². The minimum atomic E-state index is -0.390. The van der Waals surface area contributed by atoms with Gasteiger partial charge in [-0.3, -0.25) is 9.69 Å². The number of hydrogen-bond donors (Lipinski definition) is 0. The number of thiazole rings is 1. The Morgan fingerprint density at radius 3 is 3.12 bits per heavy atom. The van der Waals surface area contributed by atoms with Gasteiger partial charge in [0, 0.05) is 17.8 Å². The number of alkyl halides is 1. The monoisotopic (exact) mass is 318 g/mol. The Morgan fingerprint density at radius 1 is 1.76 bits per heavy atom. The molecule has 1 atom stereocenters. The van der Waals surface area contributed by atoms with Crippen LogP contribution in [0.4, 0.5) is 5.13 Å². The van der Waals surface area contributed by atoms with Crippen molar-refractivity contribution in [1.29, 1.82) is 0 Å². The maximum Gasteiger partial charge on any atom is 0.350 e. The third kappa shape index (κ3) is 2.66. The molecule has 0 aliphatic carbocycles. The van der Waals surface area contributed by atoms with E-state index < -0.39 is 5.97 Å². The number of aromatic nitrogens is 1. The average molecular weight is 319 g/mol. The van der Waals surface area contributed by atoms with E-state index in [0.29, 0.717) is 29.6 Å². The second kappa shape index (κ2) is 5.14. The summed E-state index contributed by atoms with van der Waals surface area (Å²) < 4.78 is 4.87. The van der Waals surface area contributed by atoms with Gasteiger partial charge in [-0.05, 0) is 6.92 Å². The van der Waals surface area contributed by atoms with Crippen molar-refractivity contribution in [2.45, 2.75) is 18.2 Å². The van der Waals surface area contributed by atoms with E-state index in [-0.39, 0.29) is 10.7 Å². The quantitative estimate of drug-likeness (QED) is 0.630. The highest BCUT2D eigenvalue weighted by atomic mass is 79.9. The van der Waals surface area contributed by atoms with E-state index in [0.717, 1.165) is 0 Å². The fourth-order valence-corrected chi connectivity index (χ4v) is 2.94. The lowest BCUT2D eigenvalue weighted by atomic mass is 10.4. The van der Waals surface area contributed by atoms with E-state index in [2.05, 4.69) is 20.9 Å². The minimum absolute atomic E-state index is 0.0247. The lowest BCUT2D eigenvalue weighted by Gasteiger charge is -2.10. The molecule has 0 bridgehead atoms. The van der Waals surface area contributed by atoms with Gasteiger partial charge in [-0.15, -0.1) is 0 Å². The van der Waals surface area contributed by atoms with Gasteiger partial charge < -0.3 is 4.74 Å². The van der Waals surface area contributed by atoms with E-state index in [1.807, 2.05) is 0 Å². The van der Waals surface area contributed by atoms with Crippen LogP contribution in [0.1, 0.15) is 23.0 Å². The minimum Gasteiger partial charge on any atom is -0.462 e. The van der Waals surface area contributed by atoms with Crippen LogP contribution in [-0.2, 0) is 9.53 Å². The molecule has 1 saturated heterocycles. The summed E-state index contributed by atoms with van der Waals surface area (Å²) in [5, 5.41) is 0.556. The van der Waals surface area contributed by atoms with Crippen LogP contribution in [0.5, 0.6) is 0 Å². The van der Waals surface area contributed by atoms with Crippen LogP contribution in [0, 0.1) is 0 Å². The van der Waals surface area contributed by atoms with Gasteiger partial charge in [-0.1, -0.05) is 27.3 Å². The second-order valence-electron chi connectivity index (χ2n) is 3.53. The topological polar surface area (TPSA) is 59.5 Å². The molecule has 1 amide bonds. The molecule has 1 aliphatic heterocycles. The number of halogens is 1. The molecule has 7 heteroatoms. The summed E-state index contributed by atoms with van der Waals surface area (Å²) in [4.78, 5) is 29.4. The molecule has 1 aromatic heterocycles. The van der Waals surface area contributed by atoms with Crippen molar-refractivity contribution < 1.29 is 14.3 Å². The third-order valence-electron chi connectivity index (χ3n) is 2.28. The highest BCUT2D eigenvalue weighted by Crippen LogP contribution is 2.29. The van der Waals surface area contributed by atoms with Crippen LogP contribution < -0.4 is 4.90 Å². The lowest BCUT2D eigenvalue weighted by molar-refractivity contribution is -0.117. The molecule has 0 N–H and O–H groups in total. The Morgan fingerprint density at radius 2 is 2.53 bits per heavy atom. The van der Waals surface area contributed by atoms with Crippen LogP contribution in [0.15, 0.2) is 6.20 Å². The third-order valence-corrected chi connectivity index (χ3v) is 3.89. The van der Waals surface area contributed by atoms with E-state index >= 15 is 0 Å². The first-order valence-electron chi connectivity index (χ1n) is 5.19. The number of amides is 1. The van der Waals surface area contributed by atoms with E-state index in [4.69, 9.17) is 4.74 Å². The fraction of sp³-hybridized carbons (Fsp3) is 0.500. The molecule has 1 aromatic rings. The summed E-state index contributed by atoms with van der Waals surface area (Å²) in [6, 6.07) is 0. The highest BCUT2D eigenvalue weighted by Gasteiger charge is 2.31. The molecule has 0 aromatic carbocycles. The number of esters is 1. The summed E-state index contributed by atoms with van der Waals surface area (Å²) in [5.74, 6) is -0.366. The van der Waals surface area contributed by atoms with Gasteiger partial charge in [0.05, 0.1) is 12.8 Å².